The van der Waals surface area contributed by atoms with E-state index in [0.717, 1.165) is 37.5 Å². The number of benzene rings is 2. The Kier molecular flexibility index (Phi) is 3.63. The van der Waals surface area contributed by atoms with Gasteiger partial charge in [-0.3, -0.25) is 0 Å². The van der Waals surface area contributed by atoms with Crippen LogP contribution in [0.25, 0.3) is 22.6 Å². The molecule has 0 unspecified atom stereocenters. The van der Waals surface area contributed by atoms with Crippen molar-refractivity contribution in [3.05, 3.63) is 77.4 Å². The van der Waals surface area contributed by atoms with Gasteiger partial charge >= 0.3 is 0 Å². The van der Waals surface area contributed by atoms with Crippen LogP contribution in [0, 0.1) is 11.6 Å². The van der Waals surface area contributed by atoms with Crippen LogP contribution in [0.15, 0.2) is 54.6 Å². The average Bonchev–Trinajstić information content (AvgIpc) is 3.11. The van der Waals surface area contributed by atoms with Crippen molar-refractivity contribution >= 4 is 16.9 Å². The number of H-pyrrole nitrogens is 1. The highest BCUT2D eigenvalue weighted by Crippen LogP contribution is 2.26. The molecule has 0 saturated carbocycles. The summed E-state index contributed by atoms with van der Waals surface area (Å²) < 4.78 is 26.9. The zero-order chi connectivity index (χ0) is 18.4. The molecule has 1 aliphatic heterocycles. The number of anilines is 1. The van der Waals surface area contributed by atoms with E-state index in [1.54, 1.807) is 0 Å². The van der Waals surface area contributed by atoms with Gasteiger partial charge in [-0.25, -0.2) is 18.7 Å². The van der Waals surface area contributed by atoms with E-state index in [1.807, 2.05) is 18.2 Å². The number of aromatic nitrogens is 3. The normalized spacial score (nSPS) is 13.8. The molecule has 4 aromatic rings. The standard InChI is InChI=1S/C21H16F2N4/c22-15-10-18-19(11-16(15)23)26-21(25-18)17-6-3-7-20(24-17)27-9-8-13-4-1-2-5-14(13)12-27/h1-7,10-11H,8-9,12H2,(H,25,26). The predicted molar refractivity (Wildman–Crippen MR) is 100 cm³/mol. The average molecular weight is 362 g/mol. The number of nitrogens with one attached hydrogen (secondary N) is 1. The van der Waals surface area contributed by atoms with Crippen LogP contribution in [0.3, 0.4) is 0 Å². The van der Waals surface area contributed by atoms with E-state index in [1.165, 1.54) is 11.1 Å². The molecule has 1 aliphatic rings. The van der Waals surface area contributed by atoms with E-state index in [-0.39, 0.29) is 0 Å². The summed E-state index contributed by atoms with van der Waals surface area (Å²) in [5, 5.41) is 0. The third-order valence-electron chi connectivity index (χ3n) is 4.96. The zero-order valence-corrected chi connectivity index (χ0v) is 14.4. The molecule has 0 bridgehead atoms. The highest BCUT2D eigenvalue weighted by Gasteiger charge is 2.18. The largest absolute Gasteiger partial charge is 0.352 e. The first-order valence-electron chi connectivity index (χ1n) is 8.81. The lowest BCUT2D eigenvalue weighted by molar-refractivity contribution is 0.510. The maximum absolute atomic E-state index is 13.4. The summed E-state index contributed by atoms with van der Waals surface area (Å²) in [5.74, 6) is -0.449. The number of hydrogen-bond donors (Lipinski definition) is 1. The number of rotatable bonds is 2. The Balaban J connectivity index is 1.49. The minimum absolute atomic E-state index is 0.378. The summed E-state index contributed by atoms with van der Waals surface area (Å²) in [6.07, 6.45) is 0.977. The lowest BCUT2D eigenvalue weighted by Crippen LogP contribution is -2.30. The first kappa shape index (κ1) is 15.9. The number of halogens is 2. The van der Waals surface area contributed by atoms with E-state index in [9.17, 15) is 8.78 Å². The first-order chi connectivity index (χ1) is 13.2. The van der Waals surface area contributed by atoms with E-state index in [0.29, 0.717) is 22.6 Å². The Hall–Kier alpha value is -3.28. The van der Waals surface area contributed by atoms with Crippen LogP contribution in [0.5, 0.6) is 0 Å². The van der Waals surface area contributed by atoms with Crippen molar-refractivity contribution in [1.29, 1.82) is 0 Å². The minimum Gasteiger partial charge on any atom is -0.352 e. The Morgan fingerprint density at radius 3 is 2.59 bits per heavy atom. The van der Waals surface area contributed by atoms with E-state index in [4.69, 9.17) is 4.98 Å². The van der Waals surface area contributed by atoms with Crippen molar-refractivity contribution < 1.29 is 8.78 Å². The van der Waals surface area contributed by atoms with Crippen molar-refractivity contribution in [2.45, 2.75) is 13.0 Å². The van der Waals surface area contributed by atoms with E-state index >= 15 is 0 Å². The second-order valence-electron chi connectivity index (χ2n) is 6.69. The van der Waals surface area contributed by atoms with Gasteiger partial charge in [0, 0.05) is 25.2 Å². The molecular weight excluding hydrogens is 346 g/mol. The number of hydrogen-bond acceptors (Lipinski definition) is 3. The van der Waals surface area contributed by atoms with E-state index < -0.39 is 11.6 Å². The second-order valence-corrected chi connectivity index (χ2v) is 6.69. The summed E-state index contributed by atoms with van der Waals surface area (Å²) >= 11 is 0. The molecule has 2 aromatic carbocycles. The Bertz CT molecular complexity index is 1110. The van der Waals surface area contributed by atoms with Gasteiger partial charge in [-0.1, -0.05) is 30.3 Å². The van der Waals surface area contributed by atoms with Crippen molar-refractivity contribution in [3.8, 4) is 11.5 Å². The van der Waals surface area contributed by atoms with Gasteiger partial charge in [-0.15, -0.1) is 0 Å². The molecule has 0 spiro atoms. The van der Waals surface area contributed by atoms with Gasteiger partial charge in [0.15, 0.2) is 17.5 Å². The number of pyridine rings is 1. The van der Waals surface area contributed by atoms with Crippen molar-refractivity contribution in [3.63, 3.8) is 0 Å². The van der Waals surface area contributed by atoms with Gasteiger partial charge in [0.25, 0.3) is 0 Å². The van der Waals surface area contributed by atoms with Crippen molar-refractivity contribution in [2.75, 3.05) is 11.4 Å². The maximum atomic E-state index is 13.4. The van der Waals surface area contributed by atoms with Gasteiger partial charge in [0.1, 0.15) is 11.5 Å². The lowest BCUT2D eigenvalue weighted by atomic mass is 10.00. The molecule has 6 heteroatoms. The van der Waals surface area contributed by atoms with Crippen LogP contribution >= 0.6 is 0 Å². The maximum Gasteiger partial charge on any atom is 0.161 e. The van der Waals surface area contributed by atoms with Gasteiger partial charge in [-0.05, 0) is 29.7 Å². The summed E-state index contributed by atoms with van der Waals surface area (Å²) in [7, 11) is 0. The van der Waals surface area contributed by atoms with E-state index in [2.05, 4.69) is 39.1 Å². The summed E-state index contributed by atoms with van der Waals surface area (Å²) in [6, 6.07) is 16.4. The topological polar surface area (TPSA) is 44.8 Å². The fourth-order valence-corrected chi connectivity index (χ4v) is 3.55. The molecular formula is C21H16F2N4. The monoisotopic (exact) mass is 362 g/mol. The summed E-state index contributed by atoms with van der Waals surface area (Å²) in [4.78, 5) is 14.3. The fourth-order valence-electron chi connectivity index (χ4n) is 3.55. The number of fused-ring (bicyclic) bond motifs is 2. The molecule has 0 saturated heterocycles. The van der Waals surface area contributed by atoms with Crippen LogP contribution in [0.2, 0.25) is 0 Å². The number of aromatic amines is 1. The fraction of sp³-hybridized carbons (Fsp3) is 0.143. The molecule has 0 fully saturated rings. The van der Waals surface area contributed by atoms with Gasteiger partial charge in [0.2, 0.25) is 0 Å². The van der Waals surface area contributed by atoms with Gasteiger partial charge in [0.05, 0.1) is 11.0 Å². The molecule has 0 amide bonds. The second kappa shape index (κ2) is 6.16. The molecule has 4 nitrogen and oxygen atoms in total. The van der Waals surface area contributed by atoms with Crippen molar-refractivity contribution in [2.24, 2.45) is 0 Å². The number of imidazole rings is 1. The third-order valence-corrected chi connectivity index (χ3v) is 4.96. The molecule has 5 rings (SSSR count). The van der Waals surface area contributed by atoms with Crippen LogP contribution in [-0.4, -0.2) is 21.5 Å². The highest BCUT2D eigenvalue weighted by molar-refractivity contribution is 5.79. The molecule has 1 N–H and O–H groups in total. The minimum atomic E-state index is -0.908. The van der Waals surface area contributed by atoms with Crippen LogP contribution in [0.1, 0.15) is 11.1 Å². The van der Waals surface area contributed by atoms with Crippen molar-refractivity contribution in [1.82, 2.24) is 15.0 Å². The quantitative estimate of drug-likeness (QED) is 0.572. The zero-order valence-electron chi connectivity index (χ0n) is 14.4. The molecule has 134 valence electrons. The summed E-state index contributed by atoms with van der Waals surface area (Å²) in [5.41, 5.74) is 4.16. The van der Waals surface area contributed by atoms with Gasteiger partial charge < -0.3 is 9.88 Å². The smallest absolute Gasteiger partial charge is 0.161 e. The summed E-state index contributed by atoms with van der Waals surface area (Å²) in [6.45, 7) is 1.70. The lowest BCUT2D eigenvalue weighted by Gasteiger charge is -2.29. The molecule has 0 radical (unpaired) electrons. The Morgan fingerprint density at radius 2 is 1.70 bits per heavy atom. The Labute approximate surface area is 154 Å². The first-order valence-corrected chi connectivity index (χ1v) is 8.81. The molecule has 27 heavy (non-hydrogen) atoms. The van der Waals surface area contributed by atoms with Crippen LogP contribution in [-0.2, 0) is 13.0 Å². The SMILES string of the molecule is Fc1cc2nc(-c3cccc(N4CCc5ccccc5C4)n3)[nH]c2cc1F. The molecule has 0 aliphatic carbocycles. The van der Waals surface area contributed by atoms with Crippen LogP contribution in [0.4, 0.5) is 14.6 Å². The highest BCUT2D eigenvalue weighted by atomic mass is 19.2. The van der Waals surface area contributed by atoms with Gasteiger partial charge in [-0.2, -0.15) is 0 Å². The van der Waals surface area contributed by atoms with Crippen LogP contribution < -0.4 is 4.90 Å². The predicted octanol–water partition coefficient (Wildman–Crippen LogP) is 4.47. The molecule has 3 heterocycles. The number of nitrogens with zero attached hydrogens (tertiary/aromatic N) is 3. The third kappa shape index (κ3) is 2.83. The Morgan fingerprint density at radius 1 is 0.889 bits per heavy atom. The molecule has 2 aromatic heterocycles. The molecule has 0 atom stereocenters.